The number of esters is 1. The number of hydrogen-bond donors (Lipinski definition) is 0. The van der Waals surface area contributed by atoms with Gasteiger partial charge in [0.2, 0.25) is 0 Å². The zero-order valence-corrected chi connectivity index (χ0v) is 12.0. The van der Waals surface area contributed by atoms with Crippen molar-refractivity contribution >= 4 is 12.1 Å². The fourth-order valence-corrected chi connectivity index (χ4v) is 2.44. The van der Waals surface area contributed by atoms with Crippen molar-refractivity contribution in [2.24, 2.45) is 0 Å². The molecule has 5 nitrogen and oxygen atoms in total. The van der Waals surface area contributed by atoms with Gasteiger partial charge in [-0.15, -0.1) is 6.58 Å². The molecule has 1 aromatic carbocycles. The molecule has 1 amide bonds. The largest absolute Gasteiger partial charge is 0.466 e. The SMILES string of the molecule is C=CCN1C(=O)O[C@@H](c2ccccc2)[C@@H]1CC(=O)OCC. The fraction of sp³-hybridized carbons (Fsp3) is 0.375. The summed E-state index contributed by atoms with van der Waals surface area (Å²) in [5.41, 5.74) is 0.867. The van der Waals surface area contributed by atoms with Gasteiger partial charge in [-0.25, -0.2) is 4.79 Å². The molecule has 1 aliphatic heterocycles. The van der Waals surface area contributed by atoms with E-state index < -0.39 is 12.2 Å². The van der Waals surface area contributed by atoms with E-state index in [1.165, 1.54) is 4.90 Å². The number of amides is 1. The second-order valence-electron chi connectivity index (χ2n) is 4.73. The first-order chi connectivity index (χ1) is 10.2. The molecular weight excluding hydrogens is 270 g/mol. The predicted octanol–water partition coefficient (Wildman–Crippen LogP) is 2.69. The average Bonchev–Trinajstić information content (AvgIpc) is 2.78. The Bertz CT molecular complexity index is 514. The van der Waals surface area contributed by atoms with Crippen LogP contribution in [-0.2, 0) is 14.3 Å². The maximum absolute atomic E-state index is 12.0. The number of carbonyl (C=O) groups is 2. The molecule has 1 heterocycles. The highest BCUT2D eigenvalue weighted by atomic mass is 16.6. The summed E-state index contributed by atoms with van der Waals surface area (Å²) in [4.78, 5) is 25.3. The van der Waals surface area contributed by atoms with Gasteiger partial charge in [0.15, 0.2) is 0 Å². The summed E-state index contributed by atoms with van der Waals surface area (Å²) >= 11 is 0. The molecule has 1 fully saturated rings. The Hall–Kier alpha value is -2.30. The van der Waals surface area contributed by atoms with E-state index in [-0.39, 0.29) is 18.4 Å². The van der Waals surface area contributed by atoms with Crippen LogP contribution in [-0.4, -0.2) is 36.2 Å². The lowest BCUT2D eigenvalue weighted by Gasteiger charge is -2.23. The number of cyclic esters (lactones) is 1. The third-order valence-electron chi connectivity index (χ3n) is 3.35. The highest BCUT2D eigenvalue weighted by molar-refractivity contribution is 5.75. The smallest absolute Gasteiger partial charge is 0.411 e. The molecule has 0 spiro atoms. The van der Waals surface area contributed by atoms with Crippen LogP contribution in [0.1, 0.15) is 25.0 Å². The normalized spacial score (nSPS) is 21.0. The molecule has 21 heavy (non-hydrogen) atoms. The van der Waals surface area contributed by atoms with Crippen LogP contribution >= 0.6 is 0 Å². The zero-order chi connectivity index (χ0) is 15.2. The molecule has 0 aromatic heterocycles. The number of ether oxygens (including phenoxy) is 2. The van der Waals surface area contributed by atoms with Gasteiger partial charge in [0, 0.05) is 6.54 Å². The van der Waals surface area contributed by atoms with Crippen LogP contribution in [0.2, 0.25) is 0 Å². The molecule has 5 heteroatoms. The molecule has 0 N–H and O–H groups in total. The van der Waals surface area contributed by atoms with Crippen LogP contribution in [0.15, 0.2) is 43.0 Å². The van der Waals surface area contributed by atoms with Gasteiger partial charge in [0.25, 0.3) is 0 Å². The Labute approximate surface area is 124 Å². The molecule has 0 radical (unpaired) electrons. The molecule has 1 aliphatic rings. The van der Waals surface area contributed by atoms with Crippen molar-refractivity contribution in [2.75, 3.05) is 13.2 Å². The van der Waals surface area contributed by atoms with Crippen molar-refractivity contribution in [1.29, 1.82) is 0 Å². The summed E-state index contributed by atoms with van der Waals surface area (Å²) in [5, 5.41) is 0. The van der Waals surface area contributed by atoms with Crippen LogP contribution in [0, 0.1) is 0 Å². The van der Waals surface area contributed by atoms with Crippen molar-refractivity contribution in [1.82, 2.24) is 4.90 Å². The lowest BCUT2D eigenvalue weighted by atomic mass is 9.99. The van der Waals surface area contributed by atoms with Gasteiger partial charge >= 0.3 is 12.1 Å². The molecule has 1 saturated heterocycles. The Balaban J connectivity index is 2.23. The van der Waals surface area contributed by atoms with E-state index in [1.807, 2.05) is 30.3 Å². The average molecular weight is 289 g/mol. The number of rotatable bonds is 6. The third kappa shape index (κ3) is 3.42. The minimum atomic E-state index is -0.469. The summed E-state index contributed by atoms with van der Waals surface area (Å²) in [6, 6.07) is 9.03. The fourth-order valence-electron chi connectivity index (χ4n) is 2.44. The Kier molecular flexibility index (Phi) is 4.98. The van der Waals surface area contributed by atoms with Crippen LogP contribution in [0.5, 0.6) is 0 Å². The molecule has 2 rings (SSSR count). The van der Waals surface area contributed by atoms with Crippen molar-refractivity contribution in [3.8, 4) is 0 Å². The van der Waals surface area contributed by atoms with Crippen molar-refractivity contribution in [3.63, 3.8) is 0 Å². The Morgan fingerprint density at radius 3 is 2.76 bits per heavy atom. The van der Waals surface area contributed by atoms with E-state index in [9.17, 15) is 9.59 Å². The summed E-state index contributed by atoms with van der Waals surface area (Å²) in [6.45, 7) is 6.05. The van der Waals surface area contributed by atoms with Gasteiger partial charge < -0.3 is 9.47 Å². The molecule has 112 valence electrons. The Morgan fingerprint density at radius 2 is 2.14 bits per heavy atom. The third-order valence-corrected chi connectivity index (χ3v) is 3.35. The van der Waals surface area contributed by atoms with Gasteiger partial charge in [-0.3, -0.25) is 9.69 Å². The van der Waals surface area contributed by atoms with E-state index in [0.29, 0.717) is 13.2 Å². The first-order valence-corrected chi connectivity index (χ1v) is 6.96. The standard InChI is InChI=1S/C16H19NO4/c1-3-10-17-13(11-14(18)20-4-2)15(21-16(17)19)12-8-6-5-7-9-12/h3,5-9,13,15H,1,4,10-11H2,2H3/t13-,15-/m0/s1. The molecule has 2 atom stereocenters. The second-order valence-corrected chi connectivity index (χ2v) is 4.73. The molecule has 1 aromatic rings. The van der Waals surface area contributed by atoms with E-state index in [2.05, 4.69) is 6.58 Å². The topological polar surface area (TPSA) is 55.8 Å². The number of hydrogen-bond acceptors (Lipinski definition) is 4. The Morgan fingerprint density at radius 1 is 1.43 bits per heavy atom. The monoisotopic (exact) mass is 289 g/mol. The van der Waals surface area contributed by atoms with Gasteiger partial charge in [-0.2, -0.15) is 0 Å². The van der Waals surface area contributed by atoms with Gasteiger partial charge in [0.1, 0.15) is 6.10 Å². The van der Waals surface area contributed by atoms with Crippen LogP contribution < -0.4 is 0 Å². The highest BCUT2D eigenvalue weighted by Gasteiger charge is 2.43. The van der Waals surface area contributed by atoms with Gasteiger partial charge in [-0.1, -0.05) is 36.4 Å². The van der Waals surface area contributed by atoms with E-state index >= 15 is 0 Å². The zero-order valence-electron chi connectivity index (χ0n) is 12.0. The molecule has 0 bridgehead atoms. The van der Waals surface area contributed by atoms with E-state index in [0.717, 1.165) is 5.56 Å². The summed E-state index contributed by atoms with van der Waals surface area (Å²) in [6.07, 6.45) is 0.820. The number of benzene rings is 1. The maximum Gasteiger partial charge on any atom is 0.411 e. The first kappa shape index (κ1) is 15.1. The number of carbonyl (C=O) groups excluding carboxylic acids is 2. The van der Waals surface area contributed by atoms with E-state index in [1.54, 1.807) is 13.0 Å². The van der Waals surface area contributed by atoms with Crippen LogP contribution in [0.4, 0.5) is 4.79 Å². The minimum absolute atomic E-state index is 0.104. The van der Waals surface area contributed by atoms with E-state index in [4.69, 9.17) is 9.47 Å². The van der Waals surface area contributed by atoms with Crippen LogP contribution in [0.25, 0.3) is 0 Å². The molecule has 0 unspecified atom stereocenters. The molecular formula is C16H19NO4. The summed E-state index contributed by atoms with van der Waals surface area (Å²) in [5.74, 6) is -0.337. The minimum Gasteiger partial charge on any atom is -0.466 e. The first-order valence-electron chi connectivity index (χ1n) is 6.96. The number of nitrogens with zero attached hydrogens (tertiary/aromatic N) is 1. The van der Waals surface area contributed by atoms with Crippen molar-refractivity contribution in [2.45, 2.75) is 25.5 Å². The maximum atomic E-state index is 12.0. The summed E-state index contributed by atoms with van der Waals surface area (Å²) in [7, 11) is 0. The van der Waals surface area contributed by atoms with Gasteiger partial charge in [0.05, 0.1) is 19.1 Å². The lowest BCUT2D eigenvalue weighted by molar-refractivity contribution is -0.144. The van der Waals surface area contributed by atoms with Crippen LogP contribution in [0.3, 0.4) is 0 Å². The second kappa shape index (κ2) is 6.92. The molecule has 0 aliphatic carbocycles. The van der Waals surface area contributed by atoms with Gasteiger partial charge in [-0.05, 0) is 12.5 Å². The summed E-state index contributed by atoms with van der Waals surface area (Å²) < 4.78 is 10.4. The van der Waals surface area contributed by atoms with Crippen molar-refractivity contribution in [3.05, 3.63) is 48.6 Å². The van der Waals surface area contributed by atoms with Crippen molar-refractivity contribution < 1.29 is 19.1 Å². The highest BCUT2D eigenvalue weighted by Crippen LogP contribution is 2.34. The lowest BCUT2D eigenvalue weighted by Crippen LogP contribution is -2.36. The predicted molar refractivity (Wildman–Crippen MR) is 77.6 cm³/mol. The molecule has 0 saturated carbocycles. The quantitative estimate of drug-likeness (QED) is 0.597.